The van der Waals surface area contributed by atoms with Crippen molar-refractivity contribution in [1.29, 1.82) is 0 Å². The van der Waals surface area contributed by atoms with E-state index in [9.17, 15) is 4.79 Å². The molecule has 126 valence electrons. The van der Waals surface area contributed by atoms with Crippen LogP contribution in [0.5, 0.6) is 0 Å². The molecule has 2 aromatic carbocycles. The van der Waals surface area contributed by atoms with Gasteiger partial charge in [0.2, 0.25) is 0 Å². The van der Waals surface area contributed by atoms with Gasteiger partial charge in [-0.3, -0.25) is 0 Å². The highest BCUT2D eigenvalue weighted by molar-refractivity contribution is 5.88. The lowest BCUT2D eigenvalue weighted by Gasteiger charge is -2.29. The maximum Gasteiger partial charge on any atom is 0.335 e. The molecule has 2 unspecified atom stereocenters. The molecule has 1 heterocycles. The first-order valence-corrected chi connectivity index (χ1v) is 8.72. The van der Waals surface area contributed by atoms with Gasteiger partial charge in [0, 0.05) is 0 Å². The van der Waals surface area contributed by atoms with E-state index in [2.05, 4.69) is 31.2 Å². The van der Waals surface area contributed by atoms with Crippen LogP contribution in [0.3, 0.4) is 0 Å². The fourth-order valence-corrected chi connectivity index (χ4v) is 3.40. The number of carboxylic acids is 1. The van der Waals surface area contributed by atoms with Crippen LogP contribution in [0.2, 0.25) is 0 Å². The maximum atomic E-state index is 10.9. The van der Waals surface area contributed by atoms with Gasteiger partial charge in [0.1, 0.15) is 0 Å². The Morgan fingerprint density at radius 2 is 1.67 bits per heavy atom. The lowest BCUT2D eigenvalue weighted by molar-refractivity contribution is -0.0194. The molecule has 0 saturated carbocycles. The number of aromatic carboxylic acids is 1. The first kappa shape index (κ1) is 16.7. The number of ether oxygens (including phenoxy) is 1. The van der Waals surface area contributed by atoms with Crippen molar-refractivity contribution in [2.45, 2.75) is 38.7 Å². The SMILES string of the molecule is CCCC1CCC(c2ccc(-c3ccc(C(=O)O)cc3)cc2)OC1. The van der Waals surface area contributed by atoms with Gasteiger partial charge in [-0.25, -0.2) is 4.79 Å². The second-order valence-corrected chi connectivity index (χ2v) is 6.56. The Kier molecular flexibility index (Phi) is 5.31. The van der Waals surface area contributed by atoms with Gasteiger partial charge < -0.3 is 9.84 Å². The predicted molar refractivity (Wildman–Crippen MR) is 95.2 cm³/mol. The first-order chi connectivity index (χ1) is 11.7. The molecule has 1 N–H and O–H groups in total. The molecule has 3 nitrogen and oxygen atoms in total. The molecule has 0 amide bonds. The fraction of sp³-hybridized carbons (Fsp3) is 0.381. The number of carbonyl (C=O) groups is 1. The summed E-state index contributed by atoms with van der Waals surface area (Å²) in [7, 11) is 0. The van der Waals surface area contributed by atoms with Crippen LogP contribution in [0.1, 0.15) is 54.6 Å². The van der Waals surface area contributed by atoms with Crippen LogP contribution in [0.25, 0.3) is 11.1 Å². The number of hydrogen-bond acceptors (Lipinski definition) is 2. The smallest absolute Gasteiger partial charge is 0.335 e. The van der Waals surface area contributed by atoms with E-state index in [1.807, 2.05) is 12.1 Å². The molecule has 0 aromatic heterocycles. The zero-order valence-electron chi connectivity index (χ0n) is 14.1. The Morgan fingerprint density at radius 1 is 1.04 bits per heavy atom. The Hall–Kier alpha value is -2.13. The molecule has 1 fully saturated rings. The molecule has 24 heavy (non-hydrogen) atoms. The van der Waals surface area contributed by atoms with E-state index in [0.29, 0.717) is 5.56 Å². The van der Waals surface area contributed by atoms with Crippen LogP contribution in [-0.2, 0) is 4.74 Å². The monoisotopic (exact) mass is 324 g/mol. The summed E-state index contributed by atoms with van der Waals surface area (Å²) in [5.74, 6) is -0.175. The molecule has 0 spiro atoms. The van der Waals surface area contributed by atoms with E-state index in [1.54, 1.807) is 12.1 Å². The van der Waals surface area contributed by atoms with Crippen molar-refractivity contribution in [3.63, 3.8) is 0 Å². The third-order valence-electron chi connectivity index (χ3n) is 4.81. The normalized spacial score (nSPS) is 20.7. The molecule has 3 rings (SSSR count). The Morgan fingerprint density at radius 3 is 2.17 bits per heavy atom. The Balaban J connectivity index is 1.66. The standard InChI is InChI=1S/C21H24O3/c1-2-3-15-4-13-20(24-14-15)18-9-5-16(6-10-18)17-7-11-19(12-8-17)21(22)23/h5-12,15,20H,2-4,13-14H2,1H3,(H,22,23). The Bertz CT molecular complexity index is 665. The largest absolute Gasteiger partial charge is 0.478 e. The summed E-state index contributed by atoms with van der Waals surface area (Å²) in [6, 6.07) is 15.4. The number of carboxylic acid groups (broad SMARTS) is 1. The molecule has 0 radical (unpaired) electrons. The van der Waals surface area contributed by atoms with E-state index < -0.39 is 5.97 Å². The topological polar surface area (TPSA) is 46.5 Å². The van der Waals surface area contributed by atoms with Crippen LogP contribution in [0, 0.1) is 5.92 Å². The Labute approximate surface area is 143 Å². The molecule has 2 atom stereocenters. The van der Waals surface area contributed by atoms with Gasteiger partial charge in [-0.05, 0) is 54.0 Å². The molecular formula is C21H24O3. The van der Waals surface area contributed by atoms with Gasteiger partial charge in [-0.15, -0.1) is 0 Å². The molecule has 0 aliphatic carbocycles. The second-order valence-electron chi connectivity index (χ2n) is 6.56. The minimum atomic E-state index is -0.896. The zero-order chi connectivity index (χ0) is 16.9. The first-order valence-electron chi connectivity index (χ1n) is 8.72. The number of rotatable bonds is 5. The summed E-state index contributed by atoms with van der Waals surface area (Å²) in [6.07, 6.45) is 5.04. The van der Waals surface area contributed by atoms with Crippen molar-refractivity contribution in [3.05, 3.63) is 59.7 Å². The predicted octanol–water partition coefficient (Wildman–Crippen LogP) is 5.32. The van der Waals surface area contributed by atoms with E-state index >= 15 is 0 Å². The van der Waals surface area contributed by atoms with Gasteiger partial charge in [0.15, 0.2) is 0 Å². The fourth-order valence-electron chi connectivity index (χ4n) is 3.40. The minimum absolute atomic E-state index is 0.210. The molecule has 0 bridgehead atoms. The highest BCUT2D eigenvalue weighted by Crippen LogP contribution is 2.33. The van der Waals surface area contributed by atoms with Gasteiger partial charge in [0.05, 0.1) is 18.3 Å². The van der Waals surface area contributed by atoms with Crippen LogP contribution < -0.4 is 0 Å². The van der Waals surface area contributed by atoms with Crippen molar-refractivity contribution < 1.29 is 14.6 Å². The summed E-state index contributed by atoms with van der Waals surface area (Å²) in [5.41, 5.74) is 3.66. The third kappa shape index (κ3) is 3.85. The van der Waals surface area contributed by atoms with Crippen molar-refractivity contribution in [2.75, 3.05) is 6.61 Å². The van der Waals surface area contributed by atoms with Gasteiger partial charge in [0.25, 0.3) is 0 Å². The van der Waals surface area contributed by atoms with Gasteiger partial charge >= 0.3 is 5.97 Å². The van der Waals surface area contributed by atoms with Crippen molar-refractivity contribution in [3.8, 4) is 11.1 Å². The van der Waals surface area contributed by atoms with Crippen molar-refractivity contribution in [1.82, 2.24) is 0 Å². The van der Waals surface area contributed by atoms with Crippen LogP contribution in [-0.4, -0.2) is 17.7 Å². The molecule has 2 aromatic rings. The minimum Gasteiger partial charge on any atom is -0.478 e. The van der Waals surface area contributed by atoms with Crippen molar-refractivity contribution in [2.24, 2.45) is 5.92 Å². The van der Waals surface area contributed by atoms with Crippen LogP contribution in [0.15, 0.2) is 48.5 Å². The zero-order valence-corrected chi connectivity index (χ0v) is 14.1. The number of benzene rings is 2. The second kappa shape index (κ2) is 7.63. The summed E-state index contributed by atoms with van der Waals surface area (Å²) in [5, 5.41) is 8.97. The average Bonchev–Trinajstić information content (AvgIpc) is 2.63. The average molecular weight is 324 g/mol. The molecule has 1 saturated heterocycles. The molecule has 3 heteroatoms. The third-order valence-corrected chi connectivity index (χ3v) is 4.81. The molecule has 1 aliphatic rings. The highest BCUT2D eigenvalue weighted by Gasteiger charge is 2.22. The molecule has 1 aliphatic heterocycles. The lowest BCUT2D eigenvalue weighted by Crippen LogP contribution is -2.20. The maximum absolute atomic E-state index is 10.9. The summed E-state index contributed by atoms with van der Waals surface area (Å²) < 4.78 is 6.05. The molecular weight excluding hydrogens is 300 g/mol. The van der Waals surface area contributed by atoms with E-state index in [4.69, 9.17) is 9.84 Å². The van der Waals surface area contributed by atoms with Crippen molar-refractivity contribution >= 4 is 5.97 Å². The highest BCUT2D eigenvalue weighted by atomic mass is 16.5. The van der Waals surface area contributed by atoms with Crippen LogP contribution >= 0.6 is 0 Å². The summed E-state index contributed by atoms with van der Waals surface area (Å²) >= 11 is 0. The summed E-state index contributed by atoms with van der Waals surface area (Å²) in [6.45, 7) is 3.10. The van der Waals surface area contributed by atoms with E-state index in [-0.39, 0.29) is 6.10 Å². The van der Waals surface area contributed by atoms with Gasteiger partial charge in [-0.2, -0.15) is 0 Å². The summed E-state index contributed by atoms with van der Waals surface area (Å²) in [4.78, 5) is 10.9. The van der Waals surface area contributed by atoms with Crippen LogP contribution in [0.4, 0.5) is 0 Å². The lowest BCUT2D eigenvalue weighted by atomic mass is 9.91. The number of hydrogen-bond donors (Lipinski definition) is 1. The van der Waals surface area contributed by atoms with Gasteiger partial charge in [-0.1, -0.05) is 49.7 Å². The van der Waals surface area contributed by atoms with E-state index in [1.165, 1.54) is 24.8 Å². The van der Waals surface area contributed by atoms with E-state index in [0.717, 1.165) is 30.1 Å². The quantitative estimate of drug-likeness (QED) is 0.809.